The SMILES string of the molecule is CC(=O)N[C@H]1[C@H](O[C@H]2[C@@H](O)[C@@H](CO)O[C@@H](O[C@H]3[C@H](O)[C@@H](O)[C@@H](O)O[C@@H]3CO)[C@@H]2O)O[C@H](CO)[C@@H](O)[C@@H]1O[C@@H]1O[C@H](CO[C@]2(C(=O)O)C[C@H](O)[C@@H](NC(C)=O)[C@H]([C@H](O)[C@H](O)CO)O2)[C@H](O)[C@H](O)[C@H]1O. The summed E-state index contributed by atoms with van der Waals surface area (Å²) in [4.78, 5) is 37.3. The van der Waals surface area contributed by atoms with Gasteiger partial charge in [0, 0.05) is 20.3 Å². The maximum atomic E-state index is 12.7. The lowest BCUT2D eigenvalue weighted by atomic mass is 9.88. The lowest BCUT2D eigenvalue weighted by Crippen LogP contribution is -2.70. The topological polar surface area (TPSA) is 502 Å². The van der Waals surface area contributed by atoms with Crippen molar-refractivity contribution < 1.29 is 144 Å². The number of aliphatic hydroxyl groups is 16. The van der Waals surface area contributed by atoms with Gasteiger partial charge in [-0.1, -0.05) is 0 Å². The lowest BCUT2D eigenvalue weighted by molar-refractivity contribution is -0.381. The predicted molar refractivity (Wildman–Crippen MR) is 207 cm³/mol. The molecule has 0 spiro atoms. The normalized spacial score (nSPS) is 46.6. The molecule has 31 heteroatoms. The molecule has 5 fully saturated rings. The molecule has 5 rings (SSSR count). The van der Waals surface area contributed by atoms with E-state index >= 15 is 0 Å². The van der Waals surface area contributed by atoms with Gasteiger partial charge in [0.05, 0.1) is 45.2 Å². The van der Waals surface area contributed by atoms with Crippen LogP contribution >= 0.6 is 0 Å². The maximum Gasteiger partial charge on any atom is 0.364 e. The molecule has 19 N–H and O–H groups in total. The Kier molecular flexibility index (Phi) is 19.7. The summed E-state index contributed by atoms with van der Waals surface area (Å²) in [5, 5.41) is 184. The Morgan fingerprint density at radius 3 is 1.66 bits per heavy atom. The van der Waals surface area contributed by atoms with Gasteiger partial charge in [0.1, 0.15) is 116 Å². The van der Waals surface area contributed by atoms with Crippen LogP contribution in [-0.4, -0.2) is 297 Å². The number of ether oxygens (including phenoxy) is 9. The second kappa shape index (κ2) is 23.8. The van der Waals surface area contributed by atoms with Crippen LogP contribution in [0.25, 0.3) is 0 Å². The van der Waals surface area contributed by atoms with Crippen molar-refractivity contribution in [3.05, 3.63) is 0 Å². The van der Waals surface area contributed by atoms with Crippen molar-refractivity contribution in [2.75, 3.05) is 33.0 Å². The molecule has 0 aromatic heterocycles. The van der Waals surface area contributed by atoms with Crippen molar-refractivity contribution >= 4 is 17.8 Å². The minimum absolute atomic E-state index is 0.782. The van der Waals surface area contributed by atoms with Crippen LogP contribution < -0.4 is 10.6 Å². The Morgan fingerprint density at radius 2 is 1.10 bits per heavy atom. The van der Waals surface area contributed by atoms with E-state index in [1.807, 2.05) is 0 Å². The van der Waals surface area contributed by atoms with E-state index in [1.165, 1.54) is 0 Å². The third-order valence-electron chi connectivity index (χ3n) is 12.1. The molecular formula is C37H62N2O29. The molecule has 5 aliphatic heterocycles. The zero-order valence-electron chi connectivity index (χ0n) is 36.2. The van der Waals surface area contributed by atoms with E-state index in [0.717, 1.165) is 13.8 Å². The molecule has 2 amide bonds. The first-order chi connectivity index (χ1) is 31.9. The molecule has 0 saturated carbocycles. The zero-order valence-corrected chi connectivity index (χ0v) is 36.2. The second-order valence-corrected chi connectivity index (χ2v) is 16.9. The standard InChI is InChI=1S/C37H62N2O29/c1-9(44)38-17-11(46)3-37(36(58)59,68-30(17)19(48)12(47)4-40)60-8-16-20(49)23(52)26(55)34(64-16)66-29-18(39-10(2)45)33(62-13(5-41)21(29)50)67-31-22(51)14(6-42)63-35(27(31)56)65-28-15(7-43)61-32(57)25(54)24(28)53/h11-35,40-43,46-57H,3-8H2,1-2H3,(H,38,44)(H,39,45)(H,58,59)/t11-,12+,13+,14+,15+,16+,17+,18+,19+,20-,21+,22-,23-,24+,25+,26+,27+,28+,29+,30+,31-,32-,33-,34-,35-,37+/m0/s1. The van der Waals surface area contributed by atoms with Crippen molar-refractivity contribution in [3.8, 4) is 0 Å². The van der Waals surface area contributed by atoms with Gasteiger partial charge in [-0.25, -0.2) is 4.79 Å². The molecule has 5 aliphatic rings. The summed E-state index contributed by atoms with van der Waals surface area (Å²) in [7, 11) is 0. The summed E-state index contributed by atoms with van der Waals surface area (Å²) in [5.41, 5.74) is 0. The Balaban J connectivity index is 1.39. The highest BCUT2D eigenvalue weighted by atomic mass is 16.8. The predicted octanol–water partition coefficient (Wildman–Crippen LogP) is -12.4. The number of nitrogens with one attached hydrogen (secondary N) is 2. The molecule has 0 bridgehead atoms. The van der Waals surface area contributed by atoms with Gasteiger partial charge < -0.3 is 140 Å². The van der Waals surface area contributed by atoms with E-state index < -0.39 is 216 Å². The summed E-state index contributed by atoms with van der Waals surface area (Å²) < 4.78 is 50.5. The van der Waals surface area contributed by atoms with Crippen molar-refractivity contribution in [1.29, 1.82) is 0 Å². The number of amides is 2. The molecule has 5 saturated heterocycles. The number of aliphatic hydroxyl groups excluding tert-OH is 16. The number of carboxylic acids is 1. The van der Waals surface area contributed by atoms with Gasteiger partial charge in [-0.15, -0.1) is 0 Å². The van der Waals surface area contributed by atoms with E-state index in [2.05, 4.69) is 10.6 Å². The number of carbonyl (C=O) groups is 3. The van der Waals surface area contributed by atoms with Crippen LogP contribution in [-0.2, 0) is 57.0 Å². The van der Waals surface area contributed by atoms with Crippen LogP contribution in [0.1, 0.15) is 20.3 Å². The minimum Gasteiger partial charge on any atom is -0.477 e. The monoisotopic (exact) mass is 998 g/mol. The summed E-state index contributed by atoms with van der Waals surface area (Å²) >= 11 is 0. The van der Waals surface area contributed by atoms with Gasteiger partial charge >= 0.3 is 5.97 Å². The van der Waals surface area contributed by atoms with E-state index in [-0.39, 0.29) is 0 Å². The van der Waals surface area contributed by atoms with Gasteiger partial charge in [0.2, 0.25) is 11.8 Å². The van der Waals surface area contributed by atoms with E-state index in [1.54, 1.807) is 0 Å². The fourth-order valence-corrected chi connectivity index (χ4v) is 8.42. The summed E-state index contributed by atoms with van der Waals surface area (Å²) in [6.45, 7) is -3.16. The Labute approximate surface area is 384 Å². The van der Waals surface area contributed by atoms with Crippen molar-refractivity contribution in [2.45, 2.75) is 179 Å². The minimum atomic E-state index is -2.98. The molecule has 0 radical (unpaired) electrons. The van der Waals surface area contributed by atoms with Gasteiger partial charge in [-0.2, -0.15) is 0 Å². The van der Waals surface area contributed by atoms with Crippen LogP contribution in [0.5, 0.6) is 0 Å². The largest absolute Gasteiger partial charge is 0.477 e. The number of carbonyl (C=O) groups excluding carboxylic acids is 2. The first kappa shape index (κ1) is 56.3. The average Bonchev–Trinajstić information content (AvgIpc) is 3.29. The van der Waals surface area contributed by atoms with E-state index in [4.69, 9.17) is 42.6 Å². The number of carboxylic acid groups (broad SMARTS) is 1. The first-order valence-electron chi connectivity index (χ1n) is 21.2. The second-order valence-electron chi connectivity index (χ2n) is 16.9. The number of rotatable bonds is 18. The molecule has 0 unspecified atom stereocenters. The molecule has 26 atom stereocenters. The smallest absolute Gasteiger partial charge is 0.364 e. The van der Waals surface area contributed by atoms with Gasteiger partial charge in [-0.05, 0) is 0 Å². The first-order valence-corrected chi connectivity index (χ1v) is 21.2. The molecule has 0 aliphatic carbocycles. The van der Waals surface area contributed by atoms with E-state index in [9.17, 15) is 101 Å². The number of aliphatic carboxylic acids is 1. The Bertz CT molecular complexity index is 1660. The van der Waals surface area contributed by atoms with Gasteiger partial charge in [0.15, 0.2) is 25.2 Å². The highest BCUT2D eigenvalue weighted by Gasteiger charge is 2.59. The quantitative estimate of drug-likeness (QED) is 0.0606. The molecular weight excluding hydrogens is 936 g/mol. The van der Waals surface area contributed by atoms with Gasteiger partial charge in [-0.3, -0.25) is 9.59 Å². The zero-order chi connectivity index (χ0) is 50.7. The summed E-state index contributed by atoms with van der Waals surface area (Å²) in [6, 6.07) is -3.40. The lowest BCUT2D eigenvalue weighted by Gasteiger charge is -2.50. The highest BCUT2D eigenvalue weighted by Crippen LogP contribution is 2.37. The fourth-order valence-electron chi connectivity index (χ4n) is 8.42. The van der Waals surface area contributed by atoms with Crippen molar-refractivity contribution in [3.63, 3.8) is 0 Å². The Morgan fingerprint density at radius 1 is 0.588 bits per heavy atom. The van der Waals surface area contributed by atoms with Crippen LogP contribution in [0.2, 0.25) is 0 Å². The maximum absolute atomic E-state index is 12.7. The third-order valence-corrected chi connectivity index (χ3v) is 12.1. The number of hydrogen-bond donors (Lipinski definition) is 19. The van der Waals surface area contributed by atoms with Crippen LogP contribution in [0.15, 0.2) is 0 Å². The van der Waals surface area contributed by atoms with Gasteiger partial charge in [0.25, 0.3) is 5.79 Å². The van der Waals surface area contributed by atoms with Crippen molar-refractivity contribution in [1.82, 2.24) is 10.6 Å². The molecule has 68 heavy (non-hydrogen) atoms. The van der Waals surface area contributed by atoms with Crippen molar-refractivity contribution in [2.24, 2.45) is 0 Å². The molecule has 31 nitrogen and oxygen atoms in total. The molecule has 0 aromatic carbocycles. The fraction of sp³-hybridized carbons (Fsp3) is 0.919. The van der Waals surface area contributed by atoms with Crippen LogP contribution in [0.3, 0.4) is 0 Å². The number of hydrogen-bond acceptors (Lipinski definition) is 28. The molecule has 0 aromatic rings. The van der Waals surface area contributed by atoms with E-state index in [0.29, 0.717) is 0 Å². The average molecular weight is 999 g/mol. The highest BCUT2D eigenvalue weighted by molar-refractivity contribution is 5.76. The third kappa shape index (κ3) is 12.0. The Hall–Kier alpha value is -2.59. The molecule has 5 heterocycles. The summed E-state index contributed by atoms with van der Waals surface area (Å²) in [6.07, 6.45) is -46.5. The summed E-state index contributed by atoms with van der Waals surface area (Å²) in [5.74, 6) is -6.62. The molecule has 394 valence electrons. The van der Waals surface area contributed by atoms with Crippen LogP contribution in [0, 0.1) is 0 Å². The van der Waals surface area contributed by atoms with Crippen LogP contribution in [0.4, 0.5) is 0 Å².